The van der Waals surface area contributed by atoms with Crippen LogP contribution in [0, 0.1) is 0 Å². The Balaban J connectivity index is 2.00. The molecule has 2 heteroatoms. The van der Waals surface area contributed by atoms with Crippen LogP contribution in [0.4, 0.5) is 0 Å². The lowest BCUT2D eigenvalue weighted by molar-refractivity contribution is 0.305. The van der Waals surface area contributed by atoms with E-state index >= 15 is 0 Å². The van der Waals surface area contributed by atoms with Crippen molar-refractivity contribution >= 4 is 15.9 Å². The summed E-state index contributed by atoms with van der Waals surface area (Å²) in [5.74, 6) is 0.961. The van der Waals surface area contributed by atoms with Gasteiger partial charge in [0.05, 0.1) is 6.61 Å². The van der Waals surface area contributed by atoms with Crippen LogP contribution in [0.3, 0.4) is 0 Å². The fraction of sp³-hybridized carbons (Fsp3) is 0.385. The molecule has 0 aromatic heterocycles. The first kappa shape index (κ1) is 12.3. The molecule has 0 aliphatic carbocycles. The van der Waals surface area contributed by atoms with Crippen molar-refractivity contribution in [2.24, 2.45) is 0 Å². The molecular formula is C13H17BrO. The normalized spacial score (nSPS) is 9.93. The number of hydrogen-bond donors (Lipinski definition) is 0. The third kappa shape index (κ3) is 6.34. The van der Waals surface area contributed by atoms with Crippen molar-refractivity contribution in [3.8, 4) is 5.75 Å². The fourth-order valence-corrected chi connectivity index (χ4v) is 1.58. The summed E-state index contributed by atoms with van der Waals surface area (Å²) in [7, 11) is 0. The van der Waals surface area contributed by atoms with E-state index in [1.807, 2.05) is 30.3 Å². The second-order valence-electron chi connectivity index (χ2n) is 3.49. The Labute approximate surface area is 100 Å². The van der Waals surface area contributed by atoms with Crippen LogP contribution >= 0.6 is 15.9 Å². The van der Waals surface area contributed by atoms with Crippen molar-refractivity contribution in [2.45, 2.75) is 25.7 Å². The van der Waals surface area contributed by atoms with Gasteiger partial charge in [-0.3, -0.25) is 0 Å². The third-order valence-corrected chi connectivity index (χ3v) is 2.50. The van der Waals surface area contributed by atoms with Crippen LogP contribution in [-0.4, -0.2) is 6.61 Å². The van der Waals surface area contributed by atoms with Gasteiger partial charge in [0.15, 0.2) is 0 Å². The molecule has 0 atom stereocenters. The van der Waals surface area contributed by atoms with Crippen LogP contribution in [0.25, 0.3) is 0 Å². The van der Waals surface area contributed by atoms with E-state index in [1.54, 1.807) is 0 Å². The molecule has 1 aromatic rings. The van der Waals surface area contributed by atoms with Crippen molar-refractivity contribution in [3.05, 3.63) is 41.4 Å². The average molecular weight is 269 g/mol. The van der Waals surface area contributed by atoms with Crippen molar-refractivity contribution in [1.82, 2.24) is 0 Å². The predicted molar refractivity (Wildman–Crippen MR) is 68.5 cm³/mol. The maximum atomic E-state index is 5.58. The highest BCUT2D eigenvalue weighted by atomic mass is 79.9. The van der Waals surface area contributed by atoms with E-state index in [0.717, 1.165) is 29.7 Å². The summed E-state index contributed by atoms with van der Waals surface area (Å²) in [5.41, 5.74) is 0. The van der Waals surface area contributed by atoms with Gasteiger partial charge in [0.1, 0.15) is 5.75 Å². The number of rotatable bonds is 7. The molecule has 0 saturated carbocycles. The summed E-state index contributed by atoms with van der Waals surface area (Å²) >= 11 is 3.35. The van der Waals surface area contributed by atoms with Crippen LogP contribution in [-0.2, 0) is 0 Å². The van der Waals surface area contributed by atoms with E-state index in [2.05, 4.69) is 22.5 Å². The number of benzene rings is 1. The fourth-order valence-electron chi connectivity index (χ4n) is 1.30. The minimum absolute atomic E-state index is 0.804. The Morgan fingerprint density at radius 1 is 1.13 bits per heavy atom. The molecule has 0 aliphatic rings. The molecule has 15 heavy (non-hydrogen) atoms. The topological polar surface area (TPSA) is 9.23 Å². The second kappa shape index (κ2) is 7.52. The number of hydrogen-bond acceptors (Lipinski definition) is 1. The Kier molecular flexibility index (Phi) is 6.17. The molecule has 82 valence electrons. The van der Waals surface area contributed by atoms with Gasteiger partial charge in [0.2, 0.25) is 0 Å². The first-order valence-electron chi connectivity index (χ1n) is 5.30. The van der Waals surface area contributed by atoms with Gasteiger partial charge in [-0.05, 0) is 42.3 Å². The molecule has 1 nitrogen and oxygen atoms in total. The summed E-state index contributed by atoms with van der Waals surface area (Å²) < 4.78 is 6.67. The van der Waals surface area contributed by atoms with Crippen LogP contribution in [0.15, 0.2) is 41.4 Å². The molecule has 0 spiro atoms. The first-order valence-corrected chi connectivity index (χ1v) is 6.09. The third-order valence-electron chi connectivity index (χ3n) is 2.10. The summed E-state index contributed by atoms with van der Waals surface area (Å²) in [6, 6.07) is 9.95. The highest BCUT2D eigenvalue weighted by Gasteiger charge is 1.93. The maximum absolute atomic E-state index is 5.58. The van der Waals surface area contributed by atoms with E-state index in [0.29, 0.717) is 0 Å². The smallest absolute Gasteiger partial charge is 0.119 e. The van der Waals surface area contributed by atoms with Gasteiger partial charge in [0.25, 0.3) is 0 Å². The lowest BCUT2D eigenvalue weighted by Gasteiger charge is -2.05. The molecule has 0 amide bonds. The first-order chi connectivity index (χ1) is 7.29. The quantitative estimate of drug-likeness (QED) is 0.660. The number of allylic oxidation sites excluding steroid dienone is 1. The van der Waals surface area contributed by atoms with Crippen molar-refractivity contribution in [2.75, 3.05) is 6.61 Å². The SMILES string of the molecule is C=C(Br)CCCCCOc1ccccc1. The summed E-state index contributed by atoms with van der Waals surface area (Å²) in [6.07, 6.45) is 4.54. The summed E-state index contributed by atoms with van der Waals surface area (Å²) in [6.45, 7) is 4.61. The number of halogens is 1. The minimum Gasteiger partial charge on any atom is -0.494 e. The average Bonchev–Trinajstić information content (AvgIpc) is 2.24. The molecular weight excluding hydrogens is 252 g/mol. The van der Waals surface area contributed by atoms with Gasteiger partial charge in [-0.1, -0.05) is 40.7 Å². The number of para-hydroxylation sites is 1. The zero-order chi connectivity index (χ0) is 10.9. The van der Waals surface area contributed by atoms with Crippen LogP contribution < -0.4 is 4.74 Å². The van der Waals surface area contributed by atoms with E-state index in [4.69, 9.17) is 4.74 Å². The lowest BCUT2D eigenvalue weighted by Crippen LogP contribution is -1.96. The Hall–Kier alpha value is -0.760. The molecule has 1 aromatic carbocycles. The largest absolute Gasteiger partial charge is 0.494 e. The number of unbranched alkanes of at least 4 members (excludes halogenated alkanes) is 2. The summed E-state index contributed by atoms with van der Waals surface area (Å²) in [4.78, 5) is 0. The maximum Gasteiger partial charge on any atom is 0.119 e. The van der Waals surface area contributed by atoms with Gasteiger partial charge >= 0.3 is 0 Å². The molecule has 0 N–H and O–H groups in total. The molecule has 0 aliphatic heterocycles. The van der Waals surface area contributed by atoms with Crippen molar-refractivity contribution < 1.29 is 4.74 Å². The molecule has 0 unspecified atom stereocenters. The van der Waals surface area contributed by atoms with E-state index < -0.39 is 0 Å². The van der Waals surface area contributed by atoms with Crippen LogP contribution in [0.1, 0.15) is 25.7 Å². The molecule has 1 rings (SSSR count). The molecule has 0 bridgehead atoms. The Morgan fingerprint density at radius 2 is 1.87 bits per heavy atom. The molecule has 0 radical (unpaired) electrons. The van der Waals surface area contributed by atoms with E-state index in [9.17, 15) is 0 Å². The van der Waals surface area contributed by atoms with Crippen molar-refractivity contribution in [1.29, 1.82) is 0 Å². The second-order valence-corrected chi connectivity index (χ2v) is 4.61. The number of ether oxygens (including phenoxy) is 1. The molecule has 0 heterocycles. The van der Waals surface area contributed by atoms with Gasteiger partial charge in [-0.25, -0.2) is 0 Å². The zero-order valence-electron chi connectivity index (χ0n) is 8.92. The van der Waals surface area contributed by atoms with E-state index in [-0.39, 0.29) is 0 Å². The minimum atomic E-state index is 0.804. The van der Waals surface area contributed by atoms with Crippen LogP contribution in [0.5, 0.6) is 5.75 Å². The zero-order valence-corrected chi connectivity index (χ0v) is 10.5. The van der Waals surface area contributed by atoms with Gasteiger partial charge in [-0.2, -0.15) is 0 Å². The standard InChI is InChI=1S/C13H17BrO/c1-12(14)8-4-3-7-11-15-13-9-5-2-6-10-13/h2,5-6,9-10H,1,3-4,7-8,11H2. The Bertz CT molecular complexity index is 282. The molecule has 0 fully saturated rings. The van der Waals surface area contributed by atoms with Crippen molar-refractivity contribution in [3.63, 3.8) is 0 Å². The predicted octanol–water partition coefficient (Wildman–Crippen LogP) is 4.53. The molecule has 0 saturated heterocycles. The highest BCUT2D eigenvalue weighted by molar-refractivity contribution is 9.11. The van der Waals surface area contributed by atoms with Gasteiger partial charge < -0.3 is 4.74 Å². The monoisotopic (exact) mass is 268 g/mol. The van der Waals surface area contributed by atoms with Gasteiger partial charge in [0, 0.05) is 0 Å². The van der Waals surface area contributed by atoms with Crippen LogP contribution in [0.2, 0.25) is 0 Å². The summed E-state index contributed by atoms with van der Waals surface area (Å²) in [5, 5.41) is 0. The van der Waals surface area contributed by atoms with E-state index in [1.165, 1.54) is 12.8 Å². The highest BCUT2D eigenvalue weighted by Crippen LogP contribution is 2.13. The van der Waals surface area contributed by atoms with Gasteiger partial charge in [-0.15, -0.1) is 0 Å². The Morgan fingerprint density at radius 3 is 2.53 bits per heavy atom. The lowest BCUT2D eigenvalue weighted by atomic mass is 10.2.